The van der Waals surface area contributed by atoms with Crippen LogP contribution in [0.2, 0.25) is 0 Å². The molecule has 0 aliphatic carbocycles. The average Bonchev–Trinajstić information content (AvgIpc) is 2.61. The van der Waals surface area contributed by atoms with Gasteiger partial charge in [-0.1, -0.05) is 78.4 Å². The van der Waals surface area contributed by atoms with Gasteiger partial charge in [-0.05, 0) is 49.7 Å². The van der Waals surface area contributed by atoms with Crippen molar-refractivity contribution in [1.82, 2.24) is 0 Å². The van der Waals surface area contributed by atoms with E-state index in [2.05, 4.69) is 27.7 Å². The predicted molar refractivity (Wildman–Crippen MR) is 104 cm³/mol. The third-order valence-corrected chi connectivity index (χ3v) is 4.02. The zero-order chi connectivity index (χ0) is 20.2. The number of unbranched alkanes of at least 4 members (excludes halogenated alkanes) is 6. The van der Waals surface area contributed by atoms with E-state index in [1.165, 1.54) is 0 Å². The summed E-state index contributed by atoms with van der Waals surface area (Å²) in [6.45, 7) is 8.30. The Balaban J connectivity index is -0.000000411. The van der Waals surface area contributed by atoms with Gasteiger partial charge in [-0.25, -0.2) is 0 Å². The minimum absolute atomic E-state index is 0. The second-order valence-corrected chi connectivity index (χ2v) is 6.53. The fraction of sp³-hybridized carbons (Fsp3) is 0.727. The van der Waals surface area contributed by atoms with E-state index >= 15 is 0 Å². The van der Waals surface area contributed by atoms with Crippen LogP contribution in [-0.4, -0.2) is 11.9 Å². The van der Waals surface area contributed by atoms with Gasteiger partial charge in [0.2, 0.25) is 0 Å². The second-order valence-electron chi connectivity index (χ2n) is 6.53. The number of hydrogen-bond acceptors (Lipinski definition) is 4. The molecule has 0 aromatic rings. The molecule has 0 aromatic carbocycles. The number of hydrogen-bond donors (Lipinski definition) is 0. The van der Waals surface area contributed by atoms with Crippen molar-refractivity contribution in [3.63, 3.8) is 0 Å². The molecule has 0 radical (unpaired) electrons. The summed E-state index contributed by atoms with van der Waals surface area (Å²) in [5.74, 6) is -1.99. The molecule has 4 nitrogen and oxygen atoms in total. The number of aliphatic carboxylic acids is 2. The summed E-state index contributed by atoms with van der Waals surface area (Å²) >= 11 is 0. The fourth-order valence-corrected chi connectivity index (χ4v) is 2.27. The molecule has 0 spiro atoms. The van der Waals surface area contributed by atoms with Gasteiger partial charge in [-0.2, -0.15) is 0 Å². The molecule has 0 unspecified atom stereocenters. The number of rotatable bonds is 14. The van der Waals surface area contributed by atoms with E-state index in [0.717, 1.165) is 64.2 Å². The van der Waals surface area contributed by atoms with Crippen LogP contribution in [0.1, 0.15) is 105 Å². The molecular weight excluding hydrogens is 394 g/mol. The van der Waals surface area contributed by atoms with E-state index < -0.39 is 11.9 Å². The van der Waals surface area contributed by atoms with Gasteiger partial charge in [0.25, 0.3) is 0 Å². The summed E-state index contributed by atoms with van der Waals surface area (Å²) in [5, 5.41) is 21.2. The zero-order valence-corrected chi connectivity index (χ0v) is 20.9. The van der Waals surface area contributed by atoms with Gasteiger partial charge >= 0.3 is 19.5 Å². The van der Waals surface area contributed by atoms with Gasteiger partial charge in [0.05, 0.1) is 11.9 Å². The van der Waals surface area contributed by atoms with Crippen molar-refractivity contribution in [2.45, 2.75) is 105 Å². The zero-order valence-electron chi connectivity index (χ0n) is 18.0. The molecule has 0 saturated carbocycles. The minimum Gasteiger partial charge on any atom is -0.545 e. The van der Waals surface area contributed by atoms with E-state index in [1.807, 2.05) is 12.2 Å². The van der Waals surface area contributed by atoms with E-state index in [9.17, 15) is 19.8 Å². The third kappa shape index (κ3) is 21.2. The van der Waals surface area contributed by atoms with Crippen LogP contribution in [0.25, 0.3) is 0 Å². The molecule has 152 valence electrons. The molecule has 0 fully saturated rings. The van der Waals surface area contributed by atoms with Gasteiger partial charge in [0.1, 0.15) is 0 Å². The first-order valence-corrected chi connectivity index (χ1v) is 10.2. The Morgan fingerprint density at radius 1 is 0.630 bits per heavy atom. The molecule has 0 N–H and O–H groups in total. The van der Waals surface area contributed by atoms with Crippen LogP contribution in [0.4, 0.5) is 0 Å². The molecule has 0 aromatic heterocycles. The standard InChI is InChI=1S/2C11H20O2.Zn/c2*1-3-5-7-9-10(11(12)13)8-6-4-2;/h2*9H,3-8H2,1-2H3,(H,12,13);/q;;+2/p-2/b2*10-9-;. The Bertz CT molecular complexity index is 388. The molecule has 0 amide bonds. The fourth-order valence-electron chi connectivity index (χ4n) is 2.27. The SMILES string of the molecule is CCCC/C=C(/CCCC)C(=O)[O-].CCCC/C=C(/CCCC)C(=O)[O-].[Zn+2]. The van der Waals surface area contributed by atoms with Crippen LogP contribution in [0.5, 0.6) is 0 Å². The van der Waals surface area contributed by atoms with Gasteiger partial charge in [0, 0.05) is 0 Å². The molecule has 0 heterocycles. The molecule has 0 bridgehead atoms. The Morgan fingerprint density at radius 2 is 0.926 bits per heavy atom. The van der Waals surface area contributed by atoms with Crippen LogP contribution in [0.3, 0.4) is 0 Å². The van der Waals surface area contributed by atoms with E-state index in [-0.39, 0.29) is 19.5 Å². The molecular formula is C22H38O4Zn. The van der Waals surface area contributed by atoms with Crippen LogP contribution in [0.15, 0.2) is 23.3 Å². The summed E-state index contributed by atoms with van der Waals surface area (Å²) < 4.78 is 0. The van der Waals surface area contributed by atoms with Crippen LogP contribution in [-0.2, 0) is 29.1 Å². The summed E-state index contributed by atoms with van der Waals surface area (Å²) in [4.78, 5) is 21.2. The van der Waals surface area contributed by atoms with Gasteiger partial charge in [0.15, 0.2) is 0 Å². The number of carbonyl (C=O) groups excluding carboxylic acids is 2. The first-order chi connectivity index (χ1) is 12.4. The van der Waals surface area contributed by atoms with Crippen molar-refractivity contribution in [3.05, 3.63) is 23.3 Å². The Kier molecular flexibility index (Phi) is 26.3. The predicted octanol–water partition coefficient (Wildman–Crippen LogP) is 4.08. The van der Waals surface area contributed by atoms with Crippen LogP contribution in [0, 0.1) is 0 Å². The maximum absolute atomic E-state index is 10.6. The molecule has 27 heavy (non-hydrogen) atoms. The van der Waals surface area contributed by atoms with E-state index in [1.54, 1.807) is 0 Å². The smallest absolute Gasteiger partial charge is 0.545 e. The average molecular weight is 432 g/mol. The normalized spacial score (nSPS) is 11.3. The Hall–Kier alpha value is -0.957. The van der Waals surface area contributed by atoms with Crippen LogP contribution < -0.4 is 10.2 Å². The maximum atomic E-state index is 10.6. The summed E-state index contributed by atoms with van der Waals surface area (Å²) in [6.07, 6.45) is 14.9. The monoisotopic (exact) mass is 430 g/mol. The number of allylic oxidation sites excluding steroid dienone is 2. The van der Waals surface area contributed by atoms with Crippen LogP contribution >= 0.6 is 0 Å². The first-order valence-electron chi connectivity index (χ1n) is 10.2. The Morgan fingerprint density at radius 3 is 1.15 bits per heavy atom. The van der Waals surface area contributed by atoms with Crippen molar-refractivity contribution in [2.75, 3.05) is 0 Å². The van der Waals surface area contributed by atoms with Gasteiger partial charge in [-0.15, -0.1) is 0 Å². The molecule has 0 saturated heterocycles. The van der Waals surface area contributed by atoms with Crippen molar-refractivity contribution < 1.29 is 39.3 Å². The van der Waals surface area contributed by atoms with Gasteiger partial charge < -0.3 is 19.8 Å². The van der Waals surface area contributed by atoms with E-state index in [0.29, 0.717) is 24.0 Å². The second kappa shape index (κ2) is 23.1. The van der Waals surface area contributed by atoms with Crippen molar-refractivity contribution in [1.29, 1.82) is 0 Å². The number of carboxylic acids is 2. The Labute approximate surface area is 179 Å². The van der Waals surface area contributed by atoms with Crippen molar-refractivity contribution in [3.8, 4) is 0 Å². The molecule has 0 aliphatic heterocycles. The summed E-state index contributed by atoms with van der Waals surface area (Å²) in [7, 11) is 0. The molecule has 5 heteroatoms. The third-order valence-electron chi connectivity index (χ3n) is 4.02. The van der Waals surface area contributed by atoms with Gasteiger partial charge in [-0.3, -0.25) is 0 Å². The number of carbonyl (C=O) groups is 2. The molecule has 0 aliphatic rings. The quantitative estimate of drug-likeness (QED) is 0.236. The summed E-state index contributed by atoms with van der Waals surface area (Å²) in [5.41, 5.74) is 0.964. The minimum atomic E-state index is -0.996. The molecule has 0 rings (SSSR count). The topological polar surface area (TPSA) is 80.3 Å². The maximum Gasteiger partial charge on any atom is 2.00 e. The summed E-state index contributed by atoms with van der Waals surface area (Å²) in [6, 6.07) is 0. The van der Waals surface area contributed by atoms with E-state index in [4.69, 9.17) is 0 Å². The van der Waals surface area contributed by atoms with Crippen molar-refractivity contribution >= 4 is 11.9 Å². The first kappa shape index (κ1) is 30.8. The molecule has 0 atom stereocenters. The number of carboxylic acid groups (broad SMARTS) is 2. The largest absolute Gasteiger partial charge is 2.00 e. The van der Waals surface area contributed by atoms with Crippen molar-refractivity contribution in [2.24, 2.45) is 0 Å².